The van der Waals surface area contributed by atoms with E-state index in [0.717, 1.165) is 51.6 Å². The van der Waals surface area contributed by atoms with Crippen molar-refractivity contribution in [2.24, 2.45) is 0 Å². The summed E-state index contributed by atoms with van der Waals surface area (Å²) in [7, 11) is 0. The Morgan fingerprint density at radius 3 is 1.65 bits per heavy atom. The molecule has 0 N–H and O–H groups in total. The van der Waals surface area contributed by atoms with Crippen molar-refractivity contribution in [1.29, 1.82) is 0 Å². The Bertz CT molecular complexity index is 288. The predicted molar refractivity (Wildman–Crippen MR) is 92.6 cm³/mol. The van der Waals surface area contributed by atoms with E-state index >= 15 is 0 Å². The fraction of sp³-hybridized carbons (Fsp3) is 0.737. The maximum Gasteiger partial charge on any atom is 1.00 e. The molecule has 0 spiro atoms. The van der Waals surface area contributed by atoms with Crippen LogP contribution in [0.15, 0.2) is 25.3 Å². The van der Waals surface area contributed by atoms with Crippen LogP contribution >= 0.6 is 0 Å². The Labute approximate surface area is 165 Å². The van der Waals surface area contributed by atoms with Gasteiger partial charge in [-0.3, -0.25) is 4.90 Å². The second-order valence-corrected chi connectivity index (χ2v) is 6.01. The van der Waals surface area contributed by atoms with Gasteiger partial charge in [0.1, 0.15) is 0 Å². The number of carboxylic acid groups (broad SMARTS) is 1. The molecule has 0 heterocycles. The van der Waals surface area contributed by atoms with E-state index in [1.807, 2.05) is 12.2 Å². The van der Waals surface area contributed by atoms with Gasteiger partial charge in [-0.1, -0.05) is 37.8 Å². The number of allylic oxidation sites excluding steroid dienone is 2. The third kappa shape index (κ3) is 15.2. The fourth-order valence-corrected chi connectivity index (χ4v) is 2.56. The molecule has 0 saturated carbocycles. The molecule has 1 unspecified atom stereocenters. The van der Waals surface area contributed by atoms with Gasteiger partial charge in [0.15, 0.2) is 0 Å². The quantitative estimate of drug-likeness (QED) is 0.238. The average Bonchev–Trinajstić information content (AvgIpc) is 2.51. The number of carboxylic acids is 1. The molecule has 0 bridgehead atoms. The minimum absolute atomic E-state index is 0. The third-order valence-electron chi connectivity index (χ3n) is 4.10. The molecule has 3 nitrogen and oxygen atoms in total. The van der Waals surface area contributed by atoms with Crippen LogP contribution in [0.5, 0.6) is 0 Å². The summed E-state index contributed by atoms with van der Waals surface area (Å²) in [5.74, 6) is -0.960. The molecule has 0 aliphatic heterocycles. The second-order valence-electron chi connectivity index (χ2n) is 6.01. The summed E-state index contributed by atoms with van der Waals surface area (Å²) in [6.45, 7) is 10.9. The van der Waals surface area contributed by atoms with E-state index in [2.05, 4.69) is 18.1 Å². The van der Waals surface area contributed by atoms with Gasteiger partial charge in [-0.2, -0.15) is 0 Å². The number of hydrogen-bond donors (Lipinski definition) is 0. The summed E-state index contributed by atoms with van der Waals surface area (Å²) in [6.07, 6.45) is 15.2. The first-order valence-corrected chi connectivity index (χ1v) is 8.80. The number of carbonyl (C=O) groups is 1. The third-order valence-corrected chi connectivity index (χ3v) is 4.10. The summed E-state index contributed by atoms with van der Waals surface area (Å²) in [5.41, 5.74) is 0. The van der Waals surface area contributed by atoms with Crippen LogP contribution in [0.2, 0.25) is 0 Å². The number of carbonyl (C=O) groups excluding carboxylic acids is 1. The van der Waals surface area contributed by atoms with Crippen LogP contribution in [0.1, 0.15) is 71.1 Å². The molecular weight excluding hydrogens is 297 g/mol. The van der Waals surface area contributed by atoms with Gasteiger partial charge in [0, 0.05) is 6.04 Å². The van der Waals surface area contributed by atoms with Crippen LogP contribution in [-0.4, -0.2) is 30.0 Å². The van der Waals surface area contributed by atoms with Crippen molar-refractivity contribution >= 4 is 5.97 Å². The van der Waals surface area contributed by atoms with E-state index in [-0.39, 0.29) is 29.6 Å². The minimum Gasteiger partial charge on any atom is -0.548 e. The zero-order valence-electron chi connectivity index (χ0n) is 15.4. The molecular formula is C19H34NNaO2. The zero-order valence-corrected chi connectivity index (χ0v) is 17.4. The minimum atomic E-state index is -0.960. The maximum absolute atomic E-state index is 11.1. The molecule has 0 rings (SSSR count). The molecule has 0 aromatic rings. The van der Waals surface area contributed by atoms with Gasteiger partial charge < -0.3 is 9.90 Å². The van der Waals surface area contributed by atoms with E-state index in [0.29, 0.717) is 0 Å². The SMILES string of the molecule is C=CCCCCCCN(CCCCCCC=C)C(C)C(=O)[O-].[Na+]. The summed E-state index contributed by atoms with van der Waals surface area (Å²) in [6, 6.07) is -0.485. The van der Waals surface area contributed by atoms with E-state index in [4.69, 9.17) is 0 Å². The molecule has 1 atom stereocenters. The number of aliphatic carboxylic acids is 1. The largest absolute Gasteiger partial charge is 1.00 e. The summed E-state index contributed by atoms with van der Waals surface area (Å²) < 4.78 is 0. The van der Waals surface area contributed by atoms with Gasteiger partial charge >= 0.3 is 29.6 Å². The van der Waals surface area contributed by atoms with Crippen molar-refractivity contribution in [2.45, 2.75) is 77.2 Å². The first-order valence-electron chi connectivity index (χ1n) is 8.80. The predicted octanol–water partition coefficient (Wildman–Crippen LogP) is 0.704. The fourth-order valence-electron chi connectivity index (χ4n) is 2.56. The summed E-state index contributed by atoms with van der Waals surface area (Å²) in [5, 5.41) is 11.1. The summed E-state index contributed by atoms with van der Waals surface area (Å²) in [4.78, 5) is 13.2. The van der Waals surface area contributed by atoms with E-state index in [1.54, 1.807) is 6.92 Å². The van der Waals surface area contributed by atoms with Crippen LogP contribution < -0.4 is 34.7 Å². The van der Waals surface area contributed by atoms with Gasteiger partial charge in [-0.15, -0.1) is 13.2 Å². The van der Waals surface area contributed by atoms with E-state index in [1.165, 1.54) is 25.7 Å². The van der Waals surface area contributed by atoms with Crippen LogP contribution in [0.3, 0.4) is 0 Å². The number of nitrogens with zero attached hydrogens (tertiary/aromatic N) is 1. The van der Waals surface area contributed by atoms with Crippen LogP contribution in [0.25, 0.3) is 0 Å². The van der Waals surface area contributed by atoms with Crippen molar-refractivity contribution < 1.29 is 39.5 Å². The second kappa shape index (κ2) is 18.3. The standard InChI is InChI=1S/C19H35NO2.Na/c1-4-6-8-10-12-14-16-20(18(3)19(21)22)17-15-13-11-9-7-5-2;/h4-5,18H,1-2,6-17H2,3H3,(H,21,22);/q;+1/p-1. The van der Waals surface area contributed by atoms with Crippen molar-refractivity contribution in [3.8, 4) is 0 Å². The van der Waals surface area contributed by atoms with Gasteiger partial charge in [0.2, 0.25) is 0 Å². The Kier molecular flexibility index (Phi) is 20.0. The van der Waals surface area contributed by atoms with Crippen LogP contribution in [-0.2, 0) is 4.79 Å². The molecule has 0 amide bonds. The van der Waals surface area contributed by atoms with Crippen molar-refractivity contribution in [3.05, 3.63) is 25.3 Å². The molecule has 128 valence electrons. The molecule has 0 aromatic carbocycles. The molecule has 0 aromatic heterocycles. The van der Waals surface area contributed by atoms with Crippen molar-refractivity contribution in [2.75, 3.05) is 13.1 Å². The number of unbranched alkanes of at least 4 members (excludes halogenated alkanes) is 8. The van der Waals surface area contributed by atoms with E-state index < -0.39 is 12.0 Å². The smallest absolute Gasteiger partial charge is 0.548 e. The maximum atomic E-state index is 11.1. The zero-order chi connectivity index (χ0) is 16.6. The number of rotatable bonds is 16. The molecule has 0 radical (unpaired) electrons. The van der Waals surface area contributed by atoms with Crippen LogP contribution in [0, 0.1) is 0 Å². The van der Waals surface area contributed by atoms with Gasteiger partial charge in [0.25, 0.3) is 0 Å². The van der Waals surface area contributed by atoms with E-state index in [9.17, 15) is 9.90 Å². The topological polar surface area (TPSA) is 43.4 Å². The molecule has 0 fully saturated rings. The Morgan fingerprint density at radius 2 is 1.30 bits per heavy atom. The molecule has 0 aliphatic carbocycles. The molecule has 0 saturated heterocycles. The van der Waals surface area contributed by atoms with Gasteiger partial charge in [-0.25, -0.2) is 0 Å². The Balaban J connectivity index is 0. The number of hydrogen-bond acceptors (Lipinski definition) is 3. The molecule has 0 aliphatic rings. The van der Waals surface area contributed by atoms with Crippen molar-refractivity contribution in [3.63, 3.8) is 0 Å². The first kappa shape index (κ1) is 25.2. The normalized spacial score (nSPS) is 11.7. The first-order chi connectivity index (χ1) is 10.6. The van der Waals surface area contributed by atoms with Gasteiger partial charge in [0.05, 0.1) is 5.97 Å². The van der Waals surface area contributed by atoms with Crippen LogP contribution in [0.4, 0.5) is 0 Å². The van der Waals surface area contributed by atoms with Crippen molar-refractivity contribution in [1.82, 2.24) is 4.90 Å². The average molecular weight is 331 g/mol. The van der Waals surface area contributed by atoms with Gasteiger partial charge in [-0.05, 0) is 58.5 Å². The monoisotopic (exact) mass is 331 g/mol. The molecule has 23 heavy (non-hydrogen) atoms. The Hall–Kier alpha value is -0.0900. The molecule has 4 heteroatoms. The summed E-state index contributed by atoms with van der Waals surface area (Å²) >= 11 is 0. The Morgan fingerprint density at radius 1 is 0.913 bits per heavy atom.